The maximum atomic E-state index is 12.3. The van der Waals surface area contributed by atoms with E-state index in [0.29, 0.717) is 6.04 Å². The van der Waals surface area contributed by atoms with Crippen LogP contribution in [-0.4, -0.2) is 46.9 Å². The maximum absolute atomic E-state index is 12.3. The third kappa shape index (κ3) is 4.08. The highest BCUT2D eigenvalue weighted by atomic mass is 16.2. The van der Waals surface area contributed by atoms with Crippen molar-refractivity contribution < 1.29 is 4.79 Å². The van der Waals surface area contributed by atoms with Crippen molar-refractivity contribution in [1.82, 2.24) is 9.80 Å². The number of carbonyl (C=O) groups is 1. The monoisotopic (exact) mass is 303 g/mol. The van der Waals surface area contributed by atoms with Crippen LogP contribution in [0.4, 0.5) is 0 Å². The standard InChI is InChI=1S/C18H29N3O/c1-14-12-16(20(4)17(22)18(2,3)19)10-11-21(14)13-15-8-6-5-7-9-15/h5-9,14,16H,10-13,19H2,1-4H3/t14-,16-/m1/s1. The largest absolute Gasteiger partial charge is 0.341 e. The second kappa shape index (κ2) is 6.80. The smallest absolute Gasteiger partial charge is 0.242 e. The van der Waals surface area contributed by atoms with Crippen LogP contribution in [0.3, 0.4) is 0 Å². The molecule has 0 aromatic heterocycles. The van der Waals surface area contributed by atoms with Gasteiger partial charge in [0.2, 0.25) is 5.91 Å². The quantitative estimate of drug-likeness (QED) is 0.928. The second-order valence-corrected chi connectivity index (χ2v) is 7.12. The molecule has 22 heavy (non-hydrogen) atoms. The van der Waals surface area contributed by atoms with E-state index in [1.54, 1.807) is 13.8 Å². The number of hydrogen-bond acceptors (Lipinski definition) is 3. The SMILES string of the molecule is C[C@@H]1C[C@H](N(C)C(=O)C(C)(C)N)CCN1Cc1ccccc1. The van der Waals surface area contributed by atoms with Crippen LogP contribution >= 0.6 is 0 Å². The first-order valence-corrected chi connectivity index (χ1v) is 8.13. The molecule has 122 valence electrons. The summed E-state index contributed by atoms with van der Waals surface area (Å²) in [6.07, 6.45) is 2.01. The highest BCUT2D eigenvalue weighted by Gasteiger charge is 2.34. The Hall–Kier alpha value is -1.39. The van der Waals surface area contributed by atoms with Crippen molar-refractivity contribution in [2.75, 3.05) is 13.6 Å². The summed E-state index contributed by atoms with van der Waals surface area (Å²) in [4.78, 5) is 16.7. The molecule has 1 aliphatic rings. The lowest BCUT2D eigenvalue weighted by atomic mass is 9.94. The Morgan fingerprint density at radius 2 is 2.00 bits per heavy atom. The van der Waals surface area contributed by atoms with E-state index >= 15 is 0 Å². The lowest BCUT2D eigenvalue weighted by Crippen LogP contribution is -2.56. The fourth-order valence-corrected chi connectivity index (χ4v) is 3.22. The first kappa shape index (κ1) is 17.0. The molecule has 0 radical (unpaired) electrons. The van der Waals surface area contributed by atoms with Crippen LogP contribution < -0.4 is 5.73 Å². The Bertz CT molecular complexity index is 495. The molecule has 0 bridgehead atoms. The summed E-state index contributed by atoms with van der Waals surface area (Å²) in [5, 5.41) is 0. The number of nitrogens with two attached hydrogens (primary N) is 1. The molecule has 0 spiro atoms. The minimum atomic E-state index is -0.792. The predicted octanol–water partition coefficient (Wildman–Crippen LogP) is 2.24. The number of hydrogen-bond donors (Lipinski definition) is 1. The van der Waals surface area contributed by atoms with Crippen molar-refractivity contribution >= 4 is 5.91 Å². The zero-order valence-corrected chi connectivity index (χ0v) is 14.2. The number of rotatable bonds is 4. The van der Waals surface area contributed by atoms with E-state index in [-0.39, 0.29) is 11.9 Å². The van der Waals surface area contributed by atoms with Gasteiger partial charge in [0.25, 0.3) is 0 Å². The van der Waals surface area contributed by atoms with Gasteiger partial charge in [-0.25, -0.2) is 0 Å². The van der Waals surface area contributed by atoms with Crippen LogP contribution in [0.5, 0.6) is 0 Å². The van der Waals surface area contributed by atoms with Gasteiger partial charge < -0.3 is 10.6 Å². The van der Waals surface area contributed by atoms with Crippen molar-refractivity contribution in [2.45, 2.75) is 57.8 Å². The van der Waals surface area contributed by atoms with E-state index in [1.807, 2.05) is 18.0 Å². The van der Waals surface area contributed by atoms with E-state index in [9.17, 15) is 4.79 Å². The molecule has 1 fully saturated rings. The Morgan fingerprint density at radius 3 is 2.55 bits per heavy atom. The molecule has 1 aromatic rings. The van der Waals surface area contributed by atoms with Gasteiger partial charge in [0.1, 0.15) is 0 Å². The molecule has 0 saturated carbocycles. The van der Waals surface area contributed by atoms with Gasteiger partial charge in [0.05, 0.1) is 5.54 Å². The van der Waals surface area contributed by atoms with Crippen LogP contribution in [0, 0.1) is 0 Å². The molecule has 1 aliphatic heterocycles. The van der Waals surface area contributed by atoms with Crippen LogP contribution in [0.2, 0.25) is 0 Å². The van der Waals surface area contributed by atoms with E-state index < -0.39 is 5.54 Å². The topological polar surface area (TPSA) is 49.6 Å². The predicted molar refractivity (Wildman–Crippen MR) is 90.4 cm³/mol. The molecular formula is C18H29N3O. The minimum Gasteiger partial charge on any atom is -0.341 e. The number of nitrogens with zero attached hydrogens (tertiary/aromatic N) is 2. The molecular weight excluding hydrogens is 274 g/mol. The van der Waals surface area contributed by atoms with Crippen molar-refractivity contribution in [3.05, 3.63) is 35.9 Å². The molecule has 4 nitrogen and oxygen atoms in total. The second-order valence-electron chi connectivity index (χ2n) is 7.12. The Morgan fingerprint density at radius 1 is 1.36 bits per heavy atom. The highest BCUT2D eigenvalue weighted by molar-refractivity contribution is 5.85. The van der Waals surface area contributed by atoms with Gasteiger partial charge in [0.15, 0.2) is 0 Å². The lowest BCUT2D eigenvalue weighted by molar-refractivity contribution is -0.137. The third-order valence-corrected chi connectivity index (χ3v) is 4.63. The van der Waals surface area contributed by atoms with Crippen molar-refractivity contribution in [1.29, 1.82) is 0 Å². The zero-order chi connectivity index (χ0) is 16.3. The Labute approximate surface area is 134 Å². The van der Waals surface area contributed by atoms with Gasteiger partial charge in [-0.3, -0.25) is 9.69 Å². The summed E-state index contributed by atoms with van der Waals surface area (Å²) in [6.45, 7) is 7.80. The van der Waals surface area contributed by atoms with Crippen molar-refractivity contribution in [3.8, 4) is 0 Å². The van der Waals surface area contributed by atoms with Gasteiger partial charge in [-0.05, 0) is 39.2 Å². The number of benzene rings is 1. The number of carbonyl (C=O) groups excluding carboxylic acids is 1. The summed E-state index contributed by atoms with van der Waals surface area (Å²) in [6, 6.07) is 11.3. The Kier molecular flexibility index (Phi) is 5.24. The van der Waals surface area contributed by atoms with E-state index in [1.165, 1.54) is 5.56 Å². The summed E-state index contributed by atoms with van der Waals surface area (Å²) in [7, 11) is 1.89. The number of piperidine rings is 1. The number of likely N-dealkylation sites (N-methyl/N-ethyl adjacent to an activating group) is 1. The number of amides is 1. The van der Waals surface area contributed by atoms with Crippen molar-refractivity contribution in [2.24, 2.45) is 5.73 Å². The average Bonchev–Trinajstić information content (AvgIpc) is 2.48. The molecule has 0 unspecified atom stereocenters. The lowest BCUT2D eigenvalue weighted by Gasteiger charge is -2.42. The molecule has 1 heterocycles. The first-order chi connectivity index (χ1) is 10.3. The summed E-state index contributed by atoms with van der Waals surface area (Å²) in [5.74, 6) is 0.0289. The van der Waals surface area contributed by atoms with E-state index in [2.05, 4.69) is 36.1 Å². The highest BCUT2D eigenvalue weighted by Crippen LogP contribution is 2.24. The fraction of sp³-hybridized carbons (Fsp3) is 0.611. The molecule has 0 aliphatic carbocycles. The molecule has 1 aromatic carbocycles. The Balaban J connectivity index is 1.94. The third-order valence-electron chi connectivity index (χ3n) is 4.63. The van der Waals surface area contributed by atoms with Gasteiger partial charge in [-0.15, -0.1) is 0 Å². The molecule has 2 atom stereocenters. The van der Waals surface area contributed by atoms with Crippen molar-refractivity contribution in [3.63, 3.8) is 0 Å². The van der Waals surface area contributed by atoms with Crippen LogP contribution in [0.15, 0.2) is 30.3 Å². The number of likely N-dealkylation sites (tertiary alicyclic amines) is 1. The molecule has 1 saturated heterocycles. The van der Waals surface area contributed by atoms with Gasteiger partial charge in [-0.1, -0.05) is 30.3 Å². The van der Waals surface area contributed by atoms with Gasteiger partial charge >= 0.3 is 0 Å². The van der Waals surface area contributed by atoms with Crippen LogP contribution in [0.25, 0.3) is 0 Å². The first-order valence-electron chi connectivity index (χ1n) is 8.13. The van der Waals surface area contributed by atoms with E-state index in [0.717, 1.165) is 25.9 Å². The summed E-state index contributed by atoms with van der Waals surface area (Å²) in [5.41, 5.74) is 6.50. The van der Waals surface area contributed by atoms with Crippen LogP contribution in [0.1, 0.15) is 39.2 Å². The van der Waals surface area contributed by atoms with Gasteiger partial charge in [-0.2, -0.15) is 0 Å². The summed E-state index contributed by atoms with van der Waals surface area (Å²) < 4.78 is 0. The minimum absolute atomic E-state index is 0.0289. The normalized spacial score (nSPS) is 23.3. The van der Waals surface area contributed by atoms with Crippen LogP contribution in [-0.2, 0) is 11.3 Å². The van der Waals surface area contributed by atoms with E-state index in [4.69, 9.17) is 5.73 Å². The fourth-order valence-electron chi connectivity index (χ4n) is 3.22. The maximum Gasteiger partial charge on any atom is 0.242 e. The summed E-state index contributed by atoms with van der Waals surface area (Å²) >= 11 is 0. The zero-order valence-electron chi connectivity index (χ0n) is 14.2. The average molecular weight is 303 g/mol. The van der Waals surface area contributed by atoms with Gasteiger partial charge in [0, 0.05) is 32.2 Å². The molecule has 2 N–H and O–H groups in total. The molecule has 4 heteroatoms. The molecule has 1 amide bonds. The molecule has 2 rings (SSSR count).